The molecule has 0 amide bonds. The number of ketones is 3. The van der Waals surface area contributed by atoms with Crippen LogP contribution in [0.15, 0.2) is 34.8 Å². The second-order valence-corrected chi connectivity index (χ2v) is 9.17. The summed E-state index contributed by atoms with van der Waals surface area (Å²) in [6.45, 7) is 6.60. The number of nitrogens with one attached hydrogen (secondary N) is 1. The van der Waals surface area contributed by atoms with Gasteiger partial charge in [0.1, 0.15) is 34.0 Å². The Balaban J connectivity index is 1.74. The number of carbonyl (C=O) groups is 3. The van der Waals surface area contributed by atoms with Crippen molar-refractivity contribution in [1.82, 2.24) is 5.32 Å². The molecule has 3 aliphatic rings. The Kier molecular flexibility index (Phi) is 5.68. The molecule has 7 nitrogen and oxygen atoms in total. The molecule has 0 radical (unpaired) electrons. The van der Waals surface area contributed by atoms with Gasteiger partial charge in [0, 0.05) is 23.9 Å². The Hall–Kier alpha value is -3.35. The van der Waals surface area contributed by atoms with Gasteiger partial charge in [0.05, 0.1) is 11.1 Å². The molecule has 0 aromatic heterocycles. The van der Waals surface area contributed by atoms with Gasteiger partial charge in [-0.1, -0.05) is 11.6 Å². The fourth-order valence-electron chi connectivity index (χ4n) is 4.99. The van der Waals surface area contributed by atoms with Gasteiger partial charge in [-0.2, -0.15) is 0 Å². The summed E-state index contributed by atoms with van der Waals surface area (Å²) in [5, 5.41) is 24.5. The van der Waals surface area contributed by atoms with Crippen LogP contribution in [0.1, 0.15) is 74.4 Å². The highest BCUT2D eigenvalue weighted by atomic mass is 16.5. The standard InChI is InChI=1S/C26H29NO6/c1-13-22(30)20(15(3)28)24-21(23(13)31)26(4)18(33-24)12-17(29)19(25(26)32)14(2)27-11-10-16-8-6-5-7-9-16/h8,12,27,30-31H,5-7,9-11H2,1-4H3/b19-14+/t26-/m1/s1. The third-order valence-corrected chi connectivity index (χ3v) is 6.98. The van der Waals surface area contributed by atoms with Gasteiger partial charge in [-0.25, -0.2) is 0 Å². The number of phenolic OH excluding ortho intramolecular Hbond substituents is 2. The minimum absolute atomic E-state index is 0.00447. The van der Waals surface area contributed by atoms with E-state index in [2.05, 4.69) is 11.4 Å². The summed E-state index contributed by atoms with van der Waals surface area (Å²) in [6, 6.07) is 0. The van der Waals surface area contributed by atoms with E-state index < -0.39 is 28.5 Å². The molecule has 1 aromatic rings. The zero-order valence-electron chi connectivity index (χ0n) is 19.4. The van der Waals surface area contributed by atoms with Gasteiger partial charge in [-0.15, -0.1) is 0 Å². The number of carbonyl (C=O) groups excluding carboxylic acids is 3. The number of aromatic hydroxyl groups is 2. The quantitative estimate of drug-likeness (QED) is 0.268. The van der Waals surface area contributed by atoms with Crippen LogP contribution in [0, 0.1) is 6.92 Å². The Morgan fingerprint density at radius 2 is 1.91 bits per heavy atom. The Bertz CT molecular complexity index is 1190. The predicted octanol–water partition coefficient (Wildman–Crippen LogP) is 4.05. The summed E-state index contributed by atoms with van der Waals surface area (Å²) in [5.41, 5.74) is 0.439. The van der Waals surface area contributed by atoms with Crippen molar-refractivity contribution in [1.29, 1.82) is 0 Å². The van der Waals surface area contributed by atoms with E-state index in [-0.39, 0.29) is 39.5 Å². The maximum absolute atomic E-state index is 13.7. The number of allylic oxidation sites excluding steroid dienone is 5. The van der Waals surface area contributed by atoms with Gasteiger partial charge in [0.25, 0.3) is 0 Å². The summed E-state index contributed by atoms with van der Waals surface area (Å²) < 4.78 is 5.78. The molecule has 33 heavy (non-hydrogen) atoms. The van der Waals surface area contributed by atoms with Crippen LogP contribution in [0.3, 0.4) is 0 Å². The molecule has 7 heteroatoms. The van der Waals surface area contributed by atoms with Crippen molar-refractivity contribution in [2.75, 3.05) is 6.54 Å². The predicted molar refractivity (Wildman–Crippen MR) is 122 cm³/mol. The van der Waals surface area contributed by atoms with Crippen LogP contribution in [-0.4, -0.2) is 34.1 Å². The van der Waals surface area contributed by atoms with Crippen molar-refractivity contribution in [3.8, 4) is 17.2 Å². The van der Waals surface area contributed by atoms with E-state index in [0.29, 0.717) is 12.2 Å². The minimum atomic E-state index is -1.49. The molecule has 0 saturated heterocycles. The molecular weight excluding hydrogens is 422 g/mol. The Morgan fingerprint density at radius 3 is 2.55 bits per heavy atom. The molecule has 1 aliphatic heterocycles. The monoisotopic (exact) mass is 451 g/mol. The molecule has 0 bridgehead atoms. The number of hydrogen-bond donors (Lipinski definition) is 3. The maximum Gasteiger partial charge on any atom is 0.194 e. The summed E-state index contributed by atoms with van der Waals surface area (Å²) in [6.07, 6.45) is 8.93. The lowest BCUT2D eigenvalue weighted by Gasteiger charge is -2.29. The van der Waals surface area contributed by atoms with Crippen molar-refractivity contribution in [3.05, 3.63) is 51.4 Å². The van der Waals surface area contributed by atoms with Crippen molar-refractivity contribution in [2.24, 2.45) is 0 Å². The SMILES string of the molecule is CC(=O)c1c(O)c(C)c(O)c2c1OC1=CC(=O)/C(=C(/C)NCCC3=CCCCC3)C(=O)[C@]12C. The molecule has 174 valence electrons. The number of rotatable bonds is 5. The van der Waals surface area contributed by atoms with E-state index in [9.17, 15) is 24.6 Å². The molecule has 1 aromatic carbocycles. The fourth-order valence-corrected chi connectivity index (χ4v) is 4.99. The van der Waals surface area contributed by atoms with Crippen molar-refractivity contribution < 1.29 is 29.3 Å². The minimum Gasteiger partial charge on any atom is -0.507 e. The fraction of sp³-hybridized carbons (Fsp3) is 0.423. The molecule has 4 rings (SSSR count). The number of ether oxygens (including phenoxy) is 1. The summed E-state index contributed by atoms with van der Waals surface area (Å²) in [5.74, 6) is -2.23. The summed E-state index contributed by atoms with van der Waals surface area (Å²) >= 11 is 0. The first-order chi connectivity index (χ1) is 15.6. The topological polar surface area (TPSA) is 113 Å². The largest absolute Gasteiger partial charge is 0.507 e. The van der Waals surface area contributed by atoms with Gasteiger partial charge in [-0.3, -0.25) is 14.4 Å². The maximum atomic E-state index is 13.7. The number of benzene rings is 1. The Morgan fingerprint density at radius 1 is 1.18 bits per heavy atom. The van der Waals surface area contributed by atoms with Gasteiger partial charge < -0.3 is 20.3 Å². The lowest BCUT2D eigenvalue weighted by atomic mass is 9.70. The number of Topliss-reactive ketones (excluding diaryl/α,β-unsaturated/α-hetero) is 2. The molecular formula is C26H29NO6. The normalized spacial score (nSPS) is 23.3. The molecule has 0 saturated carbocycles. The zero-order chi connectivity index (χ0) is 24.1. The first kappa shape index (κ1) is 22.8. The van der Waals surface area contributed by atoms with Crippen molar-refractivity contribution in [3.63, 3.8) is 0 Å². The first-order valence-corrected chi connectivity index (χ1v) is 11.3. The van der Waals surface area contributed by atoms with E-state index in [0.717, 1.165) is 19.3 Å². The van der Waals surface area contributed by atoms with E-state index >= 15 is 0 Å². The smallest absolute Gasteiger partial charge is 0.194 e. The van der Waals surface area contributed by atoms with E-state index in [1.54, 1.807) is 13.8 Å². The molecule has 2 aliphatic carbocycles. The molecule has 0 unspecified atom stereocenters. The van der Waals surface area contributed by atoms with E-state index in [4.69, 9.17) is 4.74 Å². The number of phenols is 2. The number of hydrogen-bond acceptors (Lipinski definition) is 7. The van der Waals surface area contributed by atoms with Crippen molar-refractivity contribution >= 4 is 17.3 Å². The first-order valence-electron chi connectivity index (χ1n) is 11.3. The molecule has 1 atom stereocenters. The van der Waals surface area contributed by atoms with Gasteiger partial charge in [0.15, 0.2) is 17.3 Å². The summed E-state index contributed by atoms with van der Waals surface area (Å²) in [4.78, 5) is 38.9. The van der Waals surface area contributed by atoms with Gasteiger partial charge in [-0.05, 0) is 59.8 Å². The second kappa shape index (κ2) is 8.21. The van der Waals surface area contributed by atoms with Crippen LogP contribution < -0.4 is 10.1 Å². The summed E-state index contributed by atoms with van der Waals surface area (Å²) in [7, 11) is 0. The van der Waals surface area contributed by atoms with Crippen LogP contribution in [0.5, 0.6) is 17.2 Å². The van der Waals surface area contributed by atoms with Crippen LogP contribution in [-0.2, 0) is 15.0 Å². The highest BCUT2D eigenvalue weighted by Crippen LogP contribution is 2.57. The highest BCUT2D eigenvalue weighted by molar-refractivity contribution is 6.31. The molecule has 0 spiro atoms. The van der Waals surface area contributed by atoms with E-state index in [1.807, 2.05) is 0 Å². The van der Waals surface area contributed by atoms with E-state index in [1.165, 1.54) is 38.3 Å². The second-order valence-electron chi connectivity index (χ2n) is 9.17. The van der Waals surface area contributed by atoms with Crippen LogP contribution in [0.2, 0.25) is 0 Å². The van der Waals surface area contributed by atoms with Crippen molar-refractivity contribution in [2.45, 2.75) is 65.2 Å². The molecule has 3 N–H and O–H groups in total. The third-order valence-electron chi connectivity index (χ3n) is 6.98. The van der Waals surface area contributed by atoms with Crippen LogP contribution in [0.4, 0.5) is 0 Å². The third kappa shape index (κ3) is 3.46. The molecule has 1 heterocycles. The lowest BCUT2D eigenvalue weighted by molar-refractivity contribution is -0.123. The molecule has 0 fully saturated rings. The lowest BCUT2D eigenvalue weighted by Crippen LogP contribution is -2.41. The van der Waals surface area contributed by atoms with Crippen LogP contribution >= 0.6 is 0 Å². The highest BCUT2D eigenvalue weighted by Gasteiger charge is 2.56. The number of fused-ring (bicyclic) bond motifs is 3. The van der Waals surface area contributed by atoms with Gasteiger partial charge >= 0.3 is 0 Å². The average Bonchev–Trinajstić information content (AvgIpc) is 3.06. The average molecular weight is 452 g/mol. The van der Waals surface area contributed by atoms with Gasteiger partial charge in [0.2, 0.25) is 0 Å². The zero-order valence-corrected chi connectivity index (χ0v) is 19.4. The Labute approximate surface area is 192 Å². The van der Waals surface area contributed by atoms with Crippen LogP contribution in [0.25, 0.3) is 0 Å².